The monoisotopic (exact) mass is 293 g/mol. The van der Waals surface area contributed by atoms with E-state index in [0.29, 0.717) is 6.42 Å². The number of hydrogen-bond donors (Lipinski definition) is 3. The summed E-state index contributed by atoms with van der Waals surface area (Å²) in [5, 5.41) is 0. The van der Waals surface area contributed by atoms with Crippen molar-refractivity contribution in [3.8, 4) is 0 Å². The first kappa shape index (κ1) is 15.8. The van der Waals surface area contributed by atoms with E-state index in [0.717, 1.165) is 0 Å². The molecule has 4 N–H and O–H groups in total. The molecule has 0 saturated heterocycles. The first-order chi connectivity index (χ1) is 8.81. The molecule has 0 aromatic carbocycles. The van der Waals surface area contributed by atoms with E-state index in [-0.39, 0.29) is 19.0 Å². The second-order valence-electron chi connectivity index (χ2n) is 3.76. The van der Waals surface area contributed by atoms with Crippen LogP contribution < -0.4 is 11.4 Å². The van der Waals surface area contributed by atoms with Gasteiger partial charge in [0.2, 0.25) is 0 Å². The number of nitrogens with zero attached hydrogens (tertiary/aromatic N) is 2. The van der Waals surface area contributed by atoms with E-state index in [4.69, 9.17) is 20.3 Å². The average Bonchev–Trinajstić information content (AvgIpc) is 2.30. The van der Waals surface area contributed by atoms with E-state index in [2.05, 4.69) is 9.51 Å². The Morgan fingerprint density at radius 1 is 1.58 bits per heavy atom. The minimum Gasteiger partial charge on any atom is -0.383 e. The number of anilines is 1. The molecule has 0 saturated carbocycles. The number of aryl methyl sites for hydroxylation is 1. The zero-order chi connectivity index (χ0) is 14.5. The molecule has 0 spiro atoms. The lowest BCUT2D eigenvalue weighted by molar-refractivity contribution is 0.0373. The fourth-order valence-corrected chi connectivity index (χ4v) is 1.71. The zero-order valence-corrected chi connectivity index (χ0v) is 11.2. The fourth-order valence-electron chi connectivity index (χ4n) is 1.34. The predicted octanol–water partition coefficient (Wildman–Crippen LogP) is -0.660. The first-order valence-electron chi connectivity index (χ1n) is 5.37. The predicted molar refractivity (Wildman–Crippen MR) is 66.3 cm³/mol. The van der Waals surface area contributed by atoms with Crippen LogP contribution in [0.1, 0.15) is 6.42 Å². The normalized spacial score (nSPS) is 13.4. The molecule has 0 aliphatic rings. The summed E-state index contributed by atoms with van der Waals surface area (Å²) in [5.74, 6) is 0.134. The number of rotatable bonds is 7. The van der Waals surface area contributed by atoms with E-state index in [1.807, 2.05) is 0 Å². The number of nitrogen functional groups attached to an aromatic ring is 1. The van der Waals surface area contributed by atoms with Crippen molar-refractivity contribution in [3.63, 3.8) is 0 Å². The van der Waals surface area contributed by atoms with Crippen molar-refractivity contribution in [2.75, 3.05) is 19.5 Å². The van der Waals surface area contributed by atoms with Crippen molar-refractivity contribution in [3.05, 3.63) is 22.7 Å². The third-order valence-corrected chi connectivity index (χ3v) is 2.84. The molecule has 1 aromatic heterocycles. The lowest BCUT2D eigenvalue weighted by Gasteiger charge is -2.16. The van der Waals surface area contributed by atoms with Crippen molar-refractivity contribution in [1.29, 1.82) is 0 Å². The van der Waals surface area contributed by atoms with Crippen LogP contribution in [0.15, 0.2) is 17.1 Å². The Bertz CT molecular complexity index is 513. The highest BCUT2D eigenvalue weighted by atomic mass is 31.2. The van der Waals surface area contributed by atoms with Gasteiger partial charge in [0.25, 0.3) is 0 Å². The number of aromatic nitrogens is 2. The number of ether oxygens (including phenoxy) is 1. The Labute approximate surface area is 109 Å². The molecule has 9 nitrogen and oxygen atoms in total. The molecular formula is C9H16N3O6P. The lowest BCUT2D eigenvalue weighted by atomic mass is 10.2. The summed E-state index contributed by atoms with van der Waals surface area (Å²) in [5.41, 5.74) is 4.85. The number of phosphoric acid groups is 1. The molecule has 19 heavy (non-hydrogen) atoms. The first-order valence-corrected chi connectivity index (χ1v) is 6.90. The van der Waals surface area contributed by atoms with Crippen LogP contribution in [0.25, 0.3) is 0 Å². The van der Waals surface area contributed by atoms with Gasteiger partial charge in [0.05, 0.1) is 12.7 Å². The van der Waals surface area contributed by atoms with Crippen LogP contribution in [0.3, 0.4) is 0 Å². The van der Waals surface area contributed by atoms with E-state index < -0.39 is 19.6 Å². The fraction of sp³-hybridized carbons (Fsp3) is 0.556. The van der Waals surface area contributed by atoms with Crippen molar-refractivity contribution in [1.82, 2.24) is 9.55 Å². The molecular weight excluding hydrogens is 277 g/mol. The van der Waals surface area contributed by atoms with Crippen LogP contribution in [0.4, 0.5) is 5.82 Å². The number of hydrogen-bond acceptors (Lipinski definition) is 6. The molecule has 0 amide bonds. The highest BCUT2D eigenvalue weighted by Gasteiger charge is 2.18. The number of phosphoric ester groups is 1. The summed E-state index contributed by atoms with van der Waals surface area (Å²) in [6.07, 6.45) is 1.28. The van der Waals surface area contributed by atoms with E-state index in [9.17, 15) is 9.36 Å². The summed E-state index contributed by atoms with van der Waals surface area (Å²) in [7, 11) is -3.14. The average molecular weight is 293 g/mol. The molecule has 0 bridgehead atoms. The van der Waals surface area contributed by atoms with E-state index in [1.54, 1.807) is 0 Å². The highest BCUT2D eigenvalue weighted by molar-refractivity contribution is 7.46. The van der Waals surface area contributed by atoms with Gasteiger partial charge in [0, 0.05) is 19.9 Å². The topological polar surface area (TPSA) is 137 Å². The Hall–Kier alpha value is -1.25. The highest BCUT2D eigenvalue weighted by Crippen LogP contribution is 2.35. The summed E-state index contributed by atoms with van der Waals surface area (Å²) in [6.45, 7) is 0.00701. The van der Waals surface area contributed by atoms with E-state index >= 15 is 0 Å². The van der Waals surface area contributed by atoms with Gasteiger partial charge in [0.15, 0.2) is 0 Å². The molecule has 10 heteroatoms. The Morgan fingerprint density at radius 3 is 2.79 bits per heavy atom. The van der Waals surface area contributed by atoms with Crippen molar-refractivity contribution < 1.29 is 23.6 Å². The van der Waals surface area contributed by atoms with Gasteiger partial charge in [-0.1, -0.05) is 0 Å². The second kappa shape index (κ2) is 6.78. The Morgan fingerprint density at radius 2 is 2.26 bits per heavy atom. The van der Waals surface area contributed by atoms with Gasteiger partial charge >= 0.3 is 13.5 Å². The molecule has 0 aliphatic heterocycles. The van der Waals surface area contributed by atoms with Crippen LogP contribution in [-0.2, 0) is 20.4 Å². The van der Waals surface area contributed by atoms with Crippen molar-refractivity contribution in [2.45, 2.75) is 19.1 Å². The maximum atomic E-state index is 11.4. The van der Waals surface area contributed by atoms with Gasteiger partial charge in [-0.25, -0.2) is 9.36 Å². The number of methoxy groups -OCH3 is 1. The van der Waals surface area contributed by atoms with Gasteiger partial charge in [-0.3, -0.25) is 9.09 Å². The molecule has 0 radical (unpaired) electrons. The molecule has 0 aliphatic carbocycles. The smallest absolute Gasteiger partial charge is 0.383 e. The minimum atomic E-state index is -4.52. The summed E-state index contributed by atoms with van der Waals surface area (Å²) in [6, 6.07) is 1.48. The number of nitrogens with two attached hydrogens (primary N) is 1. The third kappa shape index (κ3) is 5.95. The molecule has 1 rings (SSSR count). The quantitative estimate of drug-likeness (QED) is 0.563. The van der Waals surface area contributed by atoms with Gasteiger partial charge in [-0.15, -0.1) is 0 Å². The van der Waals surface area contributed by atoms with Gasteiger partial charge in [-0.2, -0.15) is 4.98 Å². The SMILES string of the molecule is COC(CCn1ccc(N)nc1=O)COP(=O)(O)O. The molecule has 1 heterocycles. The second-order valence-corrected chi connectivity index (χ2v) is 5.00. The van der Waals surface area contributed by atoms with Crippen LogP contribution >= 0.6 is 7.82 Å². The third-order valence-electron chi connectivity index (χ3n) is 2.35. The molecule has 1 unspecified atom stereocenters. The maximum absolute atomic E-state index is 11.4. The Kier molecular flexibility index (Phi) is 5.64. The lowest BCUT2D eigenvalue weighted by Crippen LogP contribution is -2.27. The van der Waals surface area contributed by atoms with Crippen molar-refractivity contribution >= 4 is 13.6 Å². The molecule has 0 fully saturated rings. The molecule has 108 valence electrons. The summed E-state index contributed by atoms with van der Waals surface area (Å²) in [4.78, 5) is 32.1. The van der Waals surface area contributed by atoms with Gasteiger partial charge < -0.3 is 20.3 Å². The van der Waals surface area contributed by atoms with Crippen molar-refractivity contribution in [2.24, 2.45) is 0 Å². The standard InChI is InChI=1S/C9H16N3O6P/c1-17-7(6-18-19(14,15)16)2-4-12-5-3-8(10)11-9(12)13/h3,5,7H,2,4,6H2,1H3,(H2,10,11,13)(H2,14,15,16). The Balaban J connectivity index is 2.53. The van der Waals surface area contributed by atoms with Crippen LogP contribution in [0, 0.1) is 0 Å². The summed E-state index contributed by atoms with van der Waals surface area (Å²) < 4.78 is 21.2. The largest absolute Gasteiger partial charge is 0.469 e. The minimum absolute atomic E-state index is 0.134. The van der Waals surface area contributed by atoms with E-state index in [1.165, 1.54) is 23.9 Å². The molecule has 1 atom stereocenters. The van der Waals surface area contributed by atoms with Gasteiger partial charge in [-0.05, 0) is 12.5 Å². The van der Waals surface area contributed by atoms with Crippen LogP contribution in [0.2, 0.25) is 0 Å². The summed E-state index contributed by atoms with van der Waals surface area (Å²) >= 11 is 0. The zero-order valence-electron chi connectivity index (χ0n) is 10.3. The molecule has 1 aromatic rings. The van der Waals surface area contributed by atoms with Gasteiger partial charge in [0.1, 0.15) is 5.82 Å². The van der Waals surface area contributed by atoms with Crippen LogP contribution in [-0.4, -0.2) is 39.2 Å². The van der Waals surface area contributed by atoms with Crippen LogP contribution in [0.5, 0.6) is 0 Å². The maximum Gasteiger partial charge on any atom is 0.469 e.